The molecular formula is C26H20N4O3S. The fraction of sp³-hybridized carbons (Fsp3) is 0.231. The molecule has 0 bridgehead atoms. The van der Waals surface area contributed by atoms with E-state index in [1.54, 1.807) is 11.8 Å². The molecule has 2 fully saturated rings. The summed E-state index contributed by atoms with van der Waals surface area (Å²) in [5.41, 5.74) is 14.1. The molecule has 0 aromatic heterocycles. The molecule has 3 unspecified atom stereocenters. The lowest BCUT2D eigenvalue weighted by molar-refractivity contribution is -0.169. The van der Waals surface area contributed by atoms with Crippen LogP contribution in [0.2, 0.25) is 0 Å². The number of nitrogens with zero attached hydrogens (tertiary/aromatic N) is 4. The molecule has 34 heavy (non-hydrogen) atoms. The highest BCUT2D eigenvalue weighted by atomic mass is 32.2. The lowest BCUT2D eigenvalue weighted by Gasteiger charge is -2.52. The van der Waals surface area contributed by atoms with Crippen LogP contribution in [0.1, 0.15) is 23.6 Å². The second-order valence-electron chi connectivity index (χ2n) is 8.46. The van der Waals surface area contributed by atoms with Gasteiger partial charge in [0.1, 0.15) is 9.62 Å². The van der Waals surface area contributed by atoms with Crippen LogP contribution in [0.15, 0.2) is 84.0 Å². The van der Waals surface area contributed by atoms with Crippen molar-refractivity contribution in [3.63, 3.8) is 0 Å². The highest BCUT2D eigenvalue weighted by Crippen LogP contribution is 2.73. The zero-order valence-electron chi connectivity index (χ0n) is 18.3. The number of thioether (sulfide) groups is 1. The number of azide groups is 1. The van der Waals surface area contributed by atoms with Gasteiger partial charge in [-0.05, 0) is 40.3 Å². The molecule has 7 nitrogen and oxygen atoms in total. The number of hydrogen-bond donors (Lipinski definition) is 0. The Labute approximate surface area is 200 Å². The number of ether oxygens (including phenoxy) is 1. The standard InChI is InChI=1S/C26H20N4O3S/c1-2-33-24(32)22-25(19-14-8-6-12-17(19)18-13-7-9-15-20(18)25)34-26(16-10-4-3-5-11-16)21(28-29-27)23(31)30(22)26/h3-15,21-22H,2H2,1H3. The zero-order valence-corrected chi connectivity index (χ0v) is 19.1. The monoisotopic (exact) mass is 468 g/mol. The minimum absolute atomic E-state index is 0.194. The number of carbonyl (C=O) groups is 2. The number of benzene rings is 3. The Kier molecular flexibility index (Phi) is 4.52. The van der Waals surface area contributed by atoms with Gasteiger partial charge in [-0.3, -0.25) is 4.79 Å². The molecule has 3 aromatic carbocycles. The lowest BCUT2D eigenvalue weighted by Crippen LogP contribution is -2.70. The average molecular weight is 469 g/mol. The van der Waals surface area contributed by atoms with E-state index in [2.05, 4.69) is 10.0 Å². The predicted molar refractivity (Wildman–Crippen MR) is 129 cm³/mol. The summed E-state index contributed by atoms with van der Waals surface area (Å²) in [5, 5.41) is 3.92. The normalized spacial score (nSPS) is 25.1. The molecule has 2 aliphatic heterocycles. The fourth-order valence-corrected chi connectivity index (χ4v) is 7.96. The first-order valence-corrected chi connectivity index (χ1v) is 11.9. The Balaban J connectivity index is 1.69. The molecule has 168 valence electrons. The largest absolute Gasteiger partial charge is 0.464 e. The Hall–Kier alpha value is -3.74. The van der Waals surface area contributed by atoms with Crippen LogP contribution in [0.3, 0.4) is 0 Å². The van der Waals surface area contributed by atoms with Gasteiger partial charge in [0, 0.05) is 4.91 Å². The molecule has 8 heteroatoms. The smallest absolute Gasteiger partial charge is 0.331 e. The molecule has 3 aliphatic rings. The van der Waals surface area contributed by atoms with E-state index in [9.17, 15) is 15.1 Å². The van der Waals surface area contributed by atoms with Gasteiger partial charge in [0.15, 0.2) is 12.1 Å². The van der Waals surface area contributed by atoms with Crippen LogP contribution in [0.5, 0.6) is 0 Å². The third-order valence-electron chi connectivity index (χ3n) is 6.97. The minimum atomic E-state index is -1.04. The summed E-state index contributed by atoms with van der Waals surface area (Å²) in [4.78, 5) is 30.8. The molecule has 2 heterocycles. The van der Waals surface area contributed by atoms with E-state index in [1.165, 1.54) is 11.8 Å². The third kappa shape index (κ3) is 2.36. The molecule has 1 aliphatic carbocycles. The zero-order chi connectivity index (χ0) is 23.5. The van der Waals surface area contributed by atoms with Crippen molar-refractivity contribution in [2.75, 3.05) is 6.61 Å². The number of β-lactam (4-membered cyclic amide) rings is 1. The van der Waals surface area contributed by atoms with Gasteiger partial charge in [0.2, 0.25) is 5.91 Å². The number of carbonyl (C=O) groups excluding carboxylic acids is 2. The summed E-state index contributed by atoms with van der Waals surface area (Å²) in [7, 11) is 0. The molecule has 1 spiro atoms. The number of rotatable bonds is 4. The first-order valence-electron chi connectivity index (χ1n) is 11.1. The van der Waals surface area contributed by atoms with Crippen molar-refractivity contribution in [2.45, 2.75) is 28.6 Å². The van der Waals surface area contributed by atoms with Crippen molar-refractivity contribution in [1.82, 2.24) is 4.90 Å². The quantitative estimate of drug-likeness (QED) is 0.178. The summed E-state index contributed by atoms with van der Waals surface area (Å²) in [6.45, 7) is 1.95. The Morgan fingerprint density at radius 3 is 2.21 bits per heavy atom. The minimum Gasteiger partial charge on any atom is -0.464 e. The second-order valence-corrected chi connectivity index (χ2v) is 9.93. The van der Waals surface area contributed by atoms with Crippen LogP contribution in [0.25, 0.3) is 21.6 Å². The molecule has 2 saturated heterocycles. The van der Waals surface area contributed by atoms with Crippen LogP contribution >= 0.6 is 11.8 Å². The van der Waals surface area contributed by atoms with Crippen molar-refractivity contribution in [3.05, 3.63) is 106 Å². The van der Waals surface area contributed by atoms with Gasteiger partial charge in [-0.15, -0.1) is 11.8 Å². The molecule has 3 atom stereocenters. The Morgan fingerprint density at radius 1 is 1.03 bits per heavy atom. The van der Waals surface area contributed by atoms with E-state index < -0.39 is 27.7 Å². The molecular weight excluding hydrogens is 448 g/mol. The van der Waals surface area contributed by atoms with Gasteiger partial charge < -0.3 is 9.64 Å². The van der Waals surface area contributed by atoms with Crippen LogP contribution in [-0.2, 0) is 23.9 Å². The Bertz CT molecular complexity index is 1340. The first kappa shape index (κ1) is 20.8. The van der Waals surface area contributed by atoms with Crippen molar-refractivity contribution < 1.29 is 14.3 Å². The van der Waals surface area contributed by atoms with Crippen molar-refractivity contribution in [1.29, 1.82) is 0 Å². The van der Waals surface area contributed by atoms with Crippen molar-refractivity contribution in [2.24, 2.45) is 5.11 Å². The fourth-order valence-electron chi connectivity index (χ4n) is 5.77. The maximum atomic E-state index is 13.7. The topological polar surface area (TPSA) is 95.4 Å². The van der Waals surface area contributed by atoms with E-state index in [1.807, 2.05) is 78.9 Å². The Morgan fingerprint density at radius 2 is 1.62 bits per heavy atom. The van der Waals surface area contributed by atoms with Gasteiger partial charge in [-0.2, -0.15) is 0 Å². The SMILES string of the molecule is CCOC(=O)C1N2C(=O)C(N=[N+]=[N-])C2(c2ccccc2)SC12c1ccccc1-c1ccccc12. The van der Waals surface area contributed by atoms with Gasteiger partial charge >= 0.3 is 5.97 Å². The first-order chi connectivity index (χ1) is 16.6. The molecule has 0 saturated carbocycles. The lowest BCUT2D eigenvalue weighted by atomic mass is 9.81. The van der Waals surface area contributed by atoms with Crippen molar-refractivity contribution in [3.8, 4) is 11.1 Å². The number of amides is 1. The molecule has 1 amide bonds. The van der Waals surface area contributed by atoms with Crippen LogP contribution in [-0.4, -0.2) is 35.5 Å². The average Bonchev–Trinajstić information content (AvgIpc) is 3.33. The molecule has 0 N–H and O–H groups in total. The summed E-state index contributed by atoms with van der Waals surface area (Å²) in [6.07, 6.45) is 0. The van der Waals surface area contributed by atoms with E-state index in [0.29, 0.717) is 0 Å². The van der Waals surface area contributed by atoms with Gasteiger partial charge in [-0.1, -0.05) is 84.0 Å². The maximum Gasteiger partial charge on any atom is 0.331 e. The van der Waals surface area contributed by atoms with Crippen LogP contribution < -0.4 is 0 Å². The molecule has 6 rings (SSSR count). The maximum absolute atomic E-state index is 13.7. The van der Waals surface area contributed by atoms with Gasteiger partial charge in [-0.25, -0.2) is 4.79 Å². The van der Waals surface area contributed by atoms with Crippen LogP contribution in [0, 0.1) is 0 Å². The second kappa shape index (κ2) is 7.38. The summed E-state index contributed by atoms with van der Waals surface area (Å²) in [6, 6.07) is 23.6. The van der Waals surface area contributed by atoms with Gasteiger partial charge in [0.25, 0.3) is 0 Å². The van der Waals surface area contributed by atoms with Gasteiger partial charge in [0.05, 0.1) is 6.61 Å². The van der Waals surface area contributed by atoms with E-state index in [4.69, 9.17) is 4.74 Å². The molecule has 3 aromatic rings. The summed E-state index contributed by atoms with van der Waals surface area (Å²) >= 11 is 1.51. The highest BCUT2D eigenvalue weighted by molar-refractivity contribution is 8.02. The van der Waals surface area contributed by atoms with E-state index in [0.717, 1.165) is 27.8 Å². The van der Waals surface area contributed by atoms with Crippen molar-refractivity contribution >= 4 is 23.6 Å². The summed E-state index contributed by atoms with van der Waals surface area (Å²) in [5.74, 6) is -0.835. The van der Waals surface area contributed by atoms with E-state index >= 15 is 0 Å². The predicted octanol–water partition coefficient (Wildman–Crippen LogP) is 4.96. The number of hydrogen-bond acceptors (Lipinski definition) is 5. The van der Waals surface area contributed by atoms with Crippen LogP contribution in [0.4, 0.5) is 0 Å². The number of esters is 1. The highest BCUT2D eigenvalue weighted by Gasteiger charge is 2.77. The molecule has 0 radical (unpaired) electrons. The third-order valence-corrected chi connectivity index (χ3v) is 8.92. The summed E-state index contributed by atoms with van der Waals surface area (Å²) < 4.78 is 4.66. The number of fused-ring (bicyclic) bond motifs is 6. The van der Waals surface area contributed by atoms with E-state index in [-0.39, 0.29) is 12.5 Å².